The van der Waals surface area contributed by atoms with E-state index in [4.69, 9.17) is 78.8 Å². The second kappa shape index (κ2) is 10.5. The summed E-state index contributed by atoms with van der Waals surface area (Å²) in [7, 11) is 0. The van der Waals surface area contributed by atoms with Crippen LogP contribution in [0.5, 0.6) is 11.5 Å². The third kappa shape index (κ3) is 5.65. The van der Waals surface area contributed by atoms with Crippen molar-refractivity contribution in [1.29, 1.82) is 0 Å². The molecule has 3 rings (SSSR count). The summed E-state index contributed by atoms with van der Waals surface area (Å²) in [5.41, 5.74) is 0.236. The summed E-state index contributed by atoms with van der Waals surface area (Å²) in [4.78, 5) is 12.4. The maximum atomic E-state index is 12.4. The van der Waals surface area contributed by atoms with Crippen molar-refractivity contribution < 1.29 is 27.5 Å². The monoisotopic (exact) mass is 563 g/mol. The summed E-state index contributed by atoms with van der Waals surface area (Å²) in [5, 5.41) is 2.27. The van der Waals surface area contributed by atoms with Crippen LogP contribution in [0.3, 0.4) is 0 Å². The van der Waals surface area contributed by atoms with Crippen molar-refractivity contribution in [2.75, 3.05) is 5.32 Å². The van der Waals surface area contributed by atoms with Crippen LogP contribution in [-0.2, 0) is 6.61 Å². The molecule has 0 fully saturated rings. The number of halogens is 8. The van der Waals surface area contributed by atoms with E-state index in [-0.39, 0.29) is 65.4 Å². The summed E-state index contributed by atoms with van der Waals surface area (Å²) in [5.74, 6) is -0.656. The van der Waals surface area contributed by atoms with E-state index in [9.17, 15) is 13.6 Å². The molecule has 1 N–H and O–H groups in total. The van der Waals surface area contributed by atoms with Crippen LogP contribution in [0.15, 0.2) is 34.7 Å². The first-order valence-corrected chi connectivity index (χ1v) is 10.6. The van der Waals surface area contributed by atoms with E-state index in [2.05, 4.69) is 10.1 Å². The smallest absolute Gasteiger partial charge is 0.387 e. The van der Waals surface area contributed by atoms with E-state index in [0.717, 1.165) is 0 Å². The molecule has 0 saturated carbocycles. The number of carbonyl (C=O) groups is 1. The molecule has 0 radical (unpaired) electrons. The van der Waals surface area contributed by atoms with Crippen LogP contribution in [0.1, 0.15) is 16.3 Å². The van der Waals surface area contributed by atoms with Crippen molar-refractivity contribution >= 4 is 81.2 Å². The zero-order valence-corrected chi connectivity index (χ0v) is 19.9. The molecular formula is C19H9Cl6F2NO4. The van der Waals surface area contributed by atoms with Gasteiger partial charge in [0.1, 0.15) is 28.2 Å². The van der Waals surface area contributed by atoms with Crippen LogP contribution in [0.2, 0.25) is 30.1 Å². The van der Waals surface area contributed by atoms with Crippen LogP contribution >= 0.6 is 69.6 Å². The number of ether oxygens (including phenoxy) is 2. The Balaban J connectivity index is 1.68. The van der Waals surface area contributed by atoms with Crippen LogP contribution < -0.4 is 14.8 Å². The predicted molar refractivity (Wildman–Crippen MR) is 121 cm³/mol. The Labute approximate surface area is 210 Å². The van der Waals surface area contributed by atoms with Gasteiger partial charge in [-0.1, -0.05) is 69.6 Å². The average molecular weight is 566 g/mol. The molecule has 0 unspecified atom stereocenters. The van der Waals surface area contributed by atoms with Crippen LogP contribution in [0.4, 0.5) is 14.5 Å². The van der Waals surface area contributed by atoms with Gasteiger partial charge in [0.2, 0.25) is 0 Å². The van der Waals surface area contributed by atoms with Gasteiger partial charge in [-0.05, 0) is 30.3 Å². The third-order valence-corrected chi connectivity index (χ3v) is 6.36. The zero-order chi connectivity index (χ0) is 23.6. The first kappa shape index (κ1) is 25.0. The molecule has 5 nitrogen and oxygen atoms in total. The molecular weight excluding hydrogens is 557 g/mol. The van der Waals surface area contributed by atoms with Crippen molar-refractivity contribution in [2.24, 2.45) is 0 Å². The van der Waals surface area contributed by atoms with Crippen molar-refractivity contribution in [3.05, 3.63) is 72.0 Å². The number of amides is 1. The minimum atomic E-state index is -3.03. The lowest BCUT2D eigenvalue weighted by atomic mass is 10.3. The van der Waals surface area contributed by atoms with Crippen LogP contribution in [-0.4, -0.2) is 12.5 Å². The van der Waals surface area contributed by atoms with Gasteiger partial charge in [-0.15, -0.1) is 0 Å². The molecule has 0 spiro atoms. The van der Waals surface area contributed by atoms with Gasteiger partial charge in [0, 0.05) is 5.69 Å². The van der Waals surface area contributed by atoms with Gasteiger partial charge in [-0.2, -0.15) is 8.78 Å². The van der Waals surface area contributed by atoms with E-state index >= 15 is 0 Å². The molecule has 2 aromatic carbocycles. The molecule has 1 amide bonds. The largest absolute Gasteiger partial charge is 0.482 e. The predicted octanol–water partition coefficient (Wildman–Crippen LogP) is 8.63. The van der Waals surface area contributed by atoms with E-state index < -0.39 is 12.5 Å². The van der Waals surface area contributed by atoms with Gasteiger partial charge >= 0.3 is 6.61 Å². The highest BCUT2D eigenvalue weighted by atomic mass is 35.5. The van der Waals surface area contributed by atoms with Gasteiger partial charge in [0.15, 0.2) is 11.5 Å². The fourth-order valence-corrected chi connectivity index (χ4v) is 3.85. The molecule has 0 aliphatic heterocycles. The summed E-state index contributed by atoms with van der Waals surface area (Å²) >= 11 is 36.0. The van der Waals surface area contributed by atoms with Gasteiger partial charge in [0.25, 0.3) is 5.91 Å². The minimum Gasteiger partial charge on any atom is -0.482 e. The molecule has 13 heteroatoms. The number of benzene rings is 2. The zero-order valence-electron chi connectivity index (χ0n) is 15.3. The molecule has 32 heavy (non-hydrogen) atoms. The van der Waals surface area contributed by atoms with Crippen molar-refractivity contribution in [2.45, 2.75) is 13.2 Å². The molecule has 0 bridgehead atoms. The molecule has 0 aliphatic rings. The Morgan fingerprint density at radius 3 is 2.16 bits per heavy atom. The number of nitrogens with one attached hydrogen (secondary N) is 1. The van der Waals surface area contributed by atoms with Crippen molar-refractivity contribution in [3.63, 3.8) is 0 Å². The number of hydrogen-bond acceptors (Lipinski definition) is 4. The summed E-state index contributed by atoms with van der Waals surface area (Å²) in [6.07, 6.45) is 0. The maximum absolute atomic E-state index is 12.4. The number of rotatable bonds is 7. The van der Waals surface area contributed by atoms with E-state index in [1.807, 2.05) is 0 Å². The summed E-state index contributed by atoms with van der Waals surface area (Å²) < 4.78 is 39.8. The number of hydrogen-bond donors (Lipinski definition) is 1. The Kier molecular flexibility index (Phi) is 8.25. The van der Waals surface area contributed by atoms with Crippen molar-refractivity contribution in [1.82, 2.24) is 0 Å². The number of anilines is 1. The fraction of sp³-hybridized carbons (Fsp3) is 0.105. The Bertz CT molecular complexity index is 1140. The van der Waals surface area contributed by atoms with Gasteiger partial charge in [-0.3, -0.25) is 4.79 Å². The molecule has 3 aromatic rings. The van der Waals surface area contributed by atoms with Gasteiger partial charge in [-0.25, -0.2) is 0 Å². The Morgan fingerprint density at radius 2 is 1.56 bits per heavy atom. The van der Waals surface area contributed by atoms with Gasteiger partial charge < -0.3 is 19.2 Å². The molecule has 0 aliphatic carbocycles. The maximum Gasteiger partial charge on any atom is 0.387 e. The lowest BCUT2D eigenvalue weighted by Crippen LogP contribution is -2.11. The third-order valence-electron chi connectivity index (χ3n) is 3.82. The lowest BCUT2D eigenvalue weighted by molar-refractivity contribution is -0.0497. The average Bonchev–Trinajstić information content (AvgIpc) is 3.22. The quantitative estimate of drug-likeness (QED) is 0.230. The van der Waals surface area contributed by atoms with Crippen LogP contribution in [0.25, 0.3) is 0 Å². The van der Waals surface area contributed by atoms with E-state index in [1.165, 1.54) is 30.3 Å². The SMILES string of the molecule is O=C(Nc1ccc(OC(F)F)c(Cl)c1)c1ccc(COc2c(Cl)c(Cl)c(Cl)c(Cl)c2Cl)o1. The molecule has 1 aromatic heterocycles. The molecule has 0 atom stereocenters. The van der Waals surface area contributed by atoms with E-state index in [0.29, 0.717) is 0 Å². The van der Waals surface area contributed by atoms with Crippen molar-refractivity contribution in [3.8, 4) is 11.5 Å². The highest BCUT2D eigenvalue weighted by molar-refractivity contribution is 6.55. The lowest BCUT2D eigenvalue weighted by Gasteiger charge is -2.12. The number of furan rings is 1. The molecule has 1 heterocycles. The summed E-state index contributed by atoms with van der Waals surface area (Å²) in [6, 6.07) is 6.67. The summed E-state index contributed by atoms with van der Waals surface area (Å²) in [6.45, 7) is -3.19. The molecule has 0 saturated heterocycles. The Hall–Kier alpha value is -1.61. The van der Waals surface area contributed by atoms with Gasteiger partial charge in [0.05, 0.1) is 20.1 Å². The first-order valence-electron chi connectivity index (χ1n) is 8.37. The normalized spacial score (nSPS) is 11.0. The minimum absolute atomic E-state index is 0.00381. The van der Waals surface area contributed by atoms with E-state index in [1.54, 1.807) is 0 Å². The second-order valence-electron chi connectivity index (χ2n) is 5.93. The highest BCUT2D eigenvalue weighted by Gasteiger charge is 2.21. The fourth-order valence-electron chi connectivity index (χ4n) is 2.40. The topological polar surface area (TPSA) is 60.7 Å². The standard InChI is InChI=1S/C19H9Cl6F2NO4/c20-9-5-7(1-3-10(9)32-19(26)27)28-18(29)11-4-2-8(31-11)6-30-17-15(24)13(22)12(21)14(23)16(17)25/h1-5,19H,6H2,(H,28,29). The second-order valence-corrected chi connectivity index (χ2v) is 8.23. The number of carbonyl (C=O) groups excluding carboxylic acids is 1. The highest BCUT2D eigenvalue weighted by Crippen LogP contribution is 2.48. The number of alkyl halides is 2. The Morgan fingerprint density at radius 1 is 0.938 bits per heavy atom. The first-order chi connectivity index (χ1) is 15.1. The van der Waals surface area contributed by atoms with Crippen LogP contribution in [0, 0.1) is 0 Å². The molecule has 170 valence electrons.